The molecule has 5 heteroatoms. The Hall–Kier alpha value is -2.43. The van der Waals surface area contributed by atoms with E-state index >= 15 is 0 Å². The molecule has 2 rings (SSSR count). The summed E-state index contributed by atoms with van der Waals surface area (Å²) in [6.45, 7) is 6.20. The Morgan fingerprint density at radius 3 is 2.52 bits per heavy atom. The highest BCUT2D eigenvalue weighted by Gasteiger charge is 2.12. The van der Waals surface area contributed by atoms with Crippen molar-refractivity contribution in [3.63, 3.8) is 0 Å². The summed E-state index contributed by atoms with van der Waals surface area (Å²) >= 11 is 0. The molecule has 5 nitrogen and oxygen atoms in total. The van der Waals surface area contributed by atoms with Gasteiger partial charge >= 0.3 is 5.97 Å². The number of esters is 1. The van der Waals surface area contributed by atoms with Gasteiger partial charge in [-0.05, 0) is 30.0 Å². The van der Waals surface area contributed by atoms with Crippen LogP contribution in [-0.4, -0.2) is 23.0 Å². The lowest BCUT2D eigenvalue weighted by molar-refractivity contribution is 0.0593. The van der Waals surface area contributed by atoms with Crippen molar-refractivity contribution in [2.75, 3.05) is 7.11 Å². The first kappa shape index (κ1) is 15.0. The Kier molecular flexibility index (Phi) is 4.52. The molecule has 0 spiro atoms. The Bertz CT molecular complexity index is 636. The second-order valence-electron chi connectivity index (χ2n) is 5.03. The highest BCUT2D eigenvalue weighted by Crippen LogP contribution is 2.30. The number of benzene rings is 1. The van der Waals surface area contributed by atoms with Crippen LogP contribution in [0.25, 0.3) is 0 Å². The van der Waals surface area contributed by atoms with E-state index < -0.39 is 5.97 Å². The van der Waals surface area contributed by atoms with E-state index in [4.69, 9.17) is 4.74 Å². The van der Waals surface area contributed by atoms with E-state index in [1.54, 1.807) is 0 Å². The second-order valence-corrected chi connectivity index (χ2v) is 5.03. The van der Waals surface area contributed by atoms with Crippen LogP contribution in [0.1, 0.15) is 41.4 Å². The quantitative estimate of drug-likeness (QED) is 0.805. The predicted octanol–water partition coefficient (Wildman–Crippen LogP) is 3.49. The van der Waals surface area contributed by atoms with Crippen LogP contribution < -0.4 is 4.74 Å². The van der Waals surface area contributed by atoms with Crippen molar-refractivity contribution >= 4 is 5.97 Å². The molecule has 0 saturated carbocycles. The molecule has 0 N–H and O–H groups in total. The van der Waals surface area contributed by atoms with Crippen LogP contribution in [0.4, 0.5) is 0 Å². The molecule has 21 heavy (non-hydrogen) atoms. The average molecular weight is 286 g/mol. The molecular weight excluding hydrogens is 268 g/mol. The summed E-state index contributed by atoms with van der Waals surface area (Å²) in [4.78, 5) is 19.4. The van der Waals surface area contributed by atoms with Crippen molar-refractivity contribution in [2.45, 2.75) is 26.7 Å². The van der Waals surface area contributed by atoms with Gasteiger partial charge in [0.15, 0.2) is 5.69 Å². The van der Waals surface area contributed by atoms with E-state index in [1.165, 1.54) is 19.5 Å². The largest absolute Gasteiger partial charge is 0.464 e. The normalized spacial score (nSPS) is 10.5. The first-order valence-corrected chi connectivity index (χ1v) is 6.70. The highest BCUT2D eigenvalue weighted by molar-refractivity contribution is 5.86. The summed E-state index contributed by atoms with van der Waals surface area (Å²) in [5.74, 6) is 0.913. The summed E-state index contributed by atoms with van der Waals surface area (Å²) in [6, 6.07) is 6.06. The molecule has 1 aromatic carbocycles. The maximum Gasteiger partial charge on any atom is 0.358 e. The SMILES string of the molecule is COC(=O)c1cnc(Oc2cc(C)ccc2C(C)C)cn1. The van der Waals surface area contributed by atoms with E-state index in [0.717, 1.165) is 16.9 Å². The van der Waals surface area contributed by atoms with E-state index in [-0.39, 0.29) is 5.69 Å². The third kappa shape index (κ3) is 3.56. The third-order valence-corrected chi connectivity index (χ3v) is 3.03. The molecule has 2 aromatic rings. The molecule has 0 saturated heterocycles. The van der Waals surface area contributed by atoms with Gasteiger partial charge in [-0.1, -0.05) is 26.0 Å². The number of hydrogen-bond acceptors (Lipinski definition) is 5. The summed E-state index contributed by atoms with van der Waals surface area (Å²) in [5.41, 5.74) is 2.35. The zero-order valence-electron chi connectivity index (χ0n) is 12.6. The molecule has 0 radical (unpaired) electrons. The van der Waals surface area contributed by atoms with E-state index in [1.807, 2.05) is 25.1 Å². The third-order valence-electron chi connectivity index (χ3n) is 3.03. The standard InChI is InChI=1S/C16H18N2O3/c1-10(2)12-6-5-11(3)7-14(12)21-15-9-17-13(8-18-15)16(19)20-4/h5-10H,1-4H3. The number of ether oxygens (including phenoxy) is 2. The highest BCUT2D eigenvalue weighted by atomic mass is 16.5. The fraction of sp³-hybridized carbons (Fsp3) is 0.312. The van der Waals surface area contributed by atoms with Crippen molar-refractivity contribution in [1.82, 2.24) is 9.97 Å². The lowest BCUT2D eigenvalue weighted by Crippen LogP contribution is -2.05. The summed E-state index contributed by atoms with van der Waals surface area (Å²) in [7, 11) is 1.30. The van der Waals surface area contributed by atoms with Crippen LogP contribution in [0.5, 0.6) is 11.6 Å². The fourth-order valence-electron chi connectivity index (χ4n) is 1.90. The smallest absolute Gasteiger partial charge is 0.358 e. The molecule has 1 heterocycles. The molecule has 0 aliphatic rings. The van der Waals surface area contributed by atoms with Gasteiger partial charge in [0.25, 0.3) is 0 Å². The van der Waals surface area contributed by atoms with Crippen molar-refractivity contribution in [3.8, 4) is 11.6 Å². The fourth-order valence-corrected chi connectivity index (χ4v) is 1.90. The van der Waals surface area contributed by atoms with Crippen molar-refractivity contribution in [1.29, 1.82) is 0 Å². The number of aryl methyl sites for hydroxylation is 1. The maximum absolute atomic E-state index is 11.3. The van der Waals surface area contributed by atoms with Gasteiger partial charge in [-0.25, -0.2) is 14.8 Å². The average Bonchev–Trinajstić information content (AvgIpc) is 2.47. The van der Waals surface area contributed by atoms with Crippen LogP contribution in [-0.2, 0) is 4.74 Å². The number of nitrogens with zero attached hydrogens (tertiary/aromatic N) is 2. The van der Waals surface area contributed by atoms with E-state index in [0.29, 0.717) is 11.8 Å². The van der Waals surface area contributed by atoms with E-state index in [2.05, 4.69) is 28.6 Å². The topological polar surface area (TPSA) is 61.3 Å². The number of hydrogen-bond donors (Lipinski definition) is 0. The molecule has 110 valence electrons. The Balaban J connectivity index is 2.26. The Labute approximate surface area is 124 Å². The zero-order chi connectivity index (χ0) is 15.4. The molecule has 0 unspecified atom stereocenters. The molecule has 0 bridgehead atoms. The first-order valence-electron chi connectivity index (χ1n) is 6.70. The Morgan fingerprint density at radius 2 is 1.95 bits per heavy atom. The van der Waals surface area contributed by atoms with Gasteiger partial charge in [-0.3, -0.25) is 0 Å². The van der Waals surface area contributed by atoms with Crippen LogP contribution in [0, 0.1) is 6.92 Å². The van der Waals surface area contributed by atoms with Crippen LogP contribution in [0.2, 0.25) is 0 Å². The lowest BCUT2D eigenvalue weighted by Gasteiger charge is -2.13. The minimum Gasteiger partial charge on any atom is -0.464 e. The summed E-state index contributed by atoms with van der Waals surface area (Å²) in [6.07, 6.45) is 2.75. The molecule has 0 aliphatic carbocycles. The van der Waals surface area contributed by atoms with Crippen molar-refractivity contribution in [3.05, 3.63) is 47.4 Å². The monoisotopic (exact) mass is 286 g/mol. The van der Waals surface area contributed by atoms with E-state index in [9.17, 15) is 4.79 Å². The van der Waals surface area contributed by atoms with Gasteiger partial charge in [0.1, 0.15) is 5.75 Å². The van der Waals surface area contributed by atoms with Gasteiger partial charge in [0.2, 0.25) is 5.88 Å². The molecule has 0 aliphatic heterocycles. The van der Waals surface area contributed by atoms with Gasteiger partial charge in [-0.15, -0.1) is 0 Å². The second kappa shape index (κ2) is 6.35. The summed E-state index contributed by atoms with van der Waals surface area (Å²) in [5, 5.41) is 0. The van der Waals surface area contributed by atoms with Gasteiger partial charge in [0, 0.05) is 0 Å². The lowest BCUT2D eigenvalue weighted by atomic mass is 10.0. The first-order chi connectivity index (χ1) is 10.0. The number of carbonyl (C=O) groups excluding carboxylic acids is 1. The zero-order valence-corrected chi connectivity index (χ0v) is 12.6. The minimum absolute atomic E-state index is 0.151. The number of aromatic nitrogens is 2. The van der Waals surface area contributed by atoms with Crippen LogP contribution >= 0.6 is 0 Å². The molecule has 1 aromatic heterocycles. The predicted molar refractivity (Wildman–Crippen MR) is 78.7 cm³/mol. The maximum atomic E-state index is 11.3. The number of rotatable bonds is 4. The van der Waals surface area contributed by atoms with Crippen LogP contribution in [0.3, 0.4) is 0 Å². The van der Waals surface area contributed by atoms with Gasteiger partial charge in [-0.2, -0.15) is 0 Å². The van der Waals surface area contributed by atoms with Gasteiger partial charge in [0.05, 0.1) is 19.5 Å². The molecule has 0 atom stereocenters. The Morgan fingerprint density at radius 1 is 1.19 bits per heavy atom. The van der Waals surface area contributed by atoms with Crippen molar-refractivity contribution < 1.29 is 14.3 Å². The molecular formula is C16H18N2O3. The molecule has 0 fully saturated rings. The summed E-state index contributed by atoms with van der Waals surface area (Å²) < 4.78 is 10.4. The minimum atomic E-state index is -0.521. The number of methoxy groups -OCH3 is 1. The van der Waals surface area contributed by atoms with Crippen LogP contribution in [0.15, 0.2) is 30.6 Å². The van der Waals surface area contributed by atoms with Gasteiger partial charge < -0.3 is 9.47 Å². The van der Waals surface area contributed by atoms with Crippen molar-refractivity contribution in [2.24, 2.45) is 0 Å². The molecule has 0 amide bonds. The number of carbonyl (C=O) groups is 1.